The minimum atomic E-state index is 0.170. The maximum Gasteiger partial charge on any atom is 0.228 e. The first-order chi connectivity index (χ1) is 10.1. The molecule has 1 heterocycles. The maximum atomic E-state index is 12.2. The summed E-state index contributed by atoms with van der Waals surface area (Å²) in [7, 11) is 1.87. The molecule has 0 bridgehead atoms. The van der Waals surface area contributed by atoms with Crippen molar-refractivity contribution in [3.05, 3.63) is 29.8 Å². The molecule has 3 nitrogen and oxygen atoms in total. The zero-order chi connectivity index (χ0) is 14.9. The summed E-state index contributed by atoms with van der Waals surface area (Å²) < 4.78 is 0. The molecule has 1 amide bonds. The fourth-order valence-electron chi connectivity index (χ4n) is 3.78. The Hall–Kier alpha value is -1.35. The Morgan fingerprint density at radius 3 is 2.71 bits per heavy atom. The van der Waals surface area contributed by atoms with Gasteiger partial charge >= 0.3 is 0 Å². The van der Waals surface area contributed by atoms with E-state index in [0.29, 0.717) is 11.8 Å². The Morgan fingerprint density at radius 2 is 1.95 bits per heavy atom. The van der Waals surface area contributed by atoms with E-state index in [2.05, 4.69) is 24.4 Å². The topological polar surface area (TPSA) is 32.3 Å². The Morgan fingerprint density at radius 1 is 1.24 bits per heavy atom. The van der Waals surface area contributed by atoms with Crippen molar-refractivity contribution in [2.45, 2.75) is 51.5 Å². The van der Waals surface area contributed by atoms with Gasteiger partial charge in [0.05, 0.1) is 0 Å². The van der Waals surface area contributed by atoms with Crippen molar-refractivity contribution < 1.29 is 4.79 Å². The van der Waals surface area contributed by atoms with Gasteiger partial charge in [0.2, 0.25) is 5.91 Å². The lowest BCUT2D eigenvalue weighted by molar-refractivity contribution is -0.119. The first kappa shape index (κ1) is 14.6. The highest BCUT2D eigenvalue weighted by atomic mass is 16.2. The van der Waals surface area contributed by atoms with Gasteiger partial charge in [0.1, 0.15) is 0 Å². The summed E-state index contributed by atoms with van der Waals surface area (Å²) in [5, 5.41) is 3.69. The van der Waals surface area contributed by atoms with E-state index in [-0.39, 0.29) is 11.9 Å². The van der Waals surface area contributed by atoms with E-state index in [1.807, 2.05) is 19.2 Å². The van der Waals surface area contributed by atoms with Gasteiger partial charge in [-0.25, -0.2) is 0 Å². The summed E-state index contributed by atoms with van der Waals surface area (Å²) >= 11 is 0. The summed E-state index contributed by atoms with van der Waals surface area (Å²) in [6.45, 7) is 3.41. The summed E-state index contributed by atoms with van der Waals surface area (Å²) in [6.07, 6.45) is 7.27. The summed E-state index contributed by atoms with van der Waals surface area (Å²) in [6, 6.07) is 8.44. The number of carbonyl (C=O) groups excluding carboxylic acids is 1. The van der Waals surface area contributed by atoms with E-state index < -0.39 is 0 Å². The van der Waals surface area contributed by atoms with Crippen LogP contribution in [0.4, 0.5) is 5.69 Å². The normalized spacial score (nSPS) is 24.8. The van der Waals surface area contributed by atoms with Crippen LogP contribution in [0.5, 0.6) is 0 Å². The monoisotopic (exact) mass is 286 g/mol. The molecule has 3 rings (SSSR count). The van der Waals surface area contributed by atoms with Gasteiger partial charge in [0.15, 0.2) is 0 Å². The molecule has 1 unspecified atom stereocenters. The van der Waals surface area contributed by atoms with Crippen LogP contribution in [0, 0.1) is 5.41 Å². The summed E-state index contributed by atoms with van der Waals surface area (Å²) in [5.41, 5.74) is 2.72. The van der Waals surface area contributed by atoms with E-state index in [1.165, 1.54) is 37.7 Å². The predicted molar refractivity (Wildman–Crippen MR) is 86.4 cm³/mol. The minimum absolute atomic E-state index is 0.170. The number of hydrogen-bond acceptors (Lipinski definition) is 2. The van der Waals surface area contributed by atoms with Crippen molar-refractivity contribution in [3.63, 3.8) is 0 Å². The van der Waals surface area contributed by atoms with Crippen molar-refractivity contribution in [2.75, 3.05) is 18.5 Å². The van der Waals surface area contributed by atoms with E-state index in [1.54, 1.807) is 4.90 Å². The highest BCUT2D eigenvalue weighted by Crippen LogP contribution is 2.37. The van der Waals surface area contributed by atoms with Crippen LogP contribution in [0.1, 0.15) is 57.1 Å². The second kappa shape index (κ2) is 5.80. The van der Waals surface area contributed by atoms with Gasteiger partial charge in [-0.3, -0.25) is 4.79 Å². The van der Waals surface area contributed by atoms with Gasteiger partial charge in [0, 0.05) is 31.7 Å². The largest absolute Gasteiger partial charge is 0.315 e. The number of amides is 1. The number of carbonyl (C=O) groups is 1. The van der Waals surface area contributed by atoms with Crippen molar-refractivity contribution in [1.82, 2.24) is 5.32 Å². The number of nitrogens with one attached hydrogen (secondary N) is 1. The SMILES string of the molecule is CN1C(=O)CC(NCC2(C)CCCCC2)c2ccccc21. The van der Waals surface area contributed by atoms with Crippen LogP contribution in [0.3, 0.4) is 0 Å². The first-order valence-corrected chi connectivity index (χ1v) is 8.18. The number of anilines is 1. The lowest BCUT2D eigenvalue weighted by Gasteiger charge is -2.37. The average Bonchev–Trinajstić information content (AvgIpc) is 2.50. The van der Waals surface area contributed by atoms with Gasteiger partial charge in [-0.05, 0) is 29.9 Å². The molecule has 1 N–H and O–H groups in total. The zero-order valence-electron chi connectivity index (χ0n) is 13.2. The smallest absolute Gasteiger partial charge is 0.228 e. The molecule has 0 saturated heterocycles. The lowest BCUT2D eigenvalue weighted by Crippen LogP contribution is -2.41. The Bertz CT molecular complexity index is 520. The second-order valence-corrected chi connectivity index (χ2v) is 7.02. The predicted octanol–water partition coefficient (Wildman–Crippen LogP) is 3.65. The van der Waals surface area contributed by atoms with Crippen LogP contribution in [-0.2, 0) is 4.79 Å². The van der Waals surface area contributed by atoms with Crippen LogP contribution in [0.15, 0.2) is 24.3 Å². The number of benzene rings is 1. The molecule has 3 heteroatoms. The lowest BCUT2D eigenvalue weighted by atomic mass is 9.75. The van der Waals surface area contributed by atoms with Crippen LogP contribution in [0.25, 0.3) is 0 Å². The number of hydrogen-bond donors (Lipinski definition) is 1. The standard InChI is InChI=1S/C18H26N2O/c1-18(10-6-3-7-11-18)13-19-15-12-17(21)20(2)16-9-5-4-8-14(15)16/h4-5,8-9,15,19H,3,6-7,10-13H2,1-2H3. The van der Waals surface area contributed by atoms with Crippen LogP contribution in [-0.4, -0.2) is 19.5 Å². The molecule has 1 fully saturated rings. The molecule has 1 atom stereocenters. The van der Waals surface area contributed by atoms with E-state index in [9.17, 15) is 4.79 Å². The molecule has 0 spiro atoms. The fourth-order valence-corrected chi connectivity index (χ4v) is 3.78. The van der Waals surface area contributed by atoms with Crippen molar-refractivity contribution >= 4 is 11.6 Å². The third-order valence-corrected chi connectivity index (χ3v) is 5.26. The molecule has 1 aromatic rings. The molecule has 114 valence electrons. The van der Waals surface area contributed by atoms with Crippen molar-refractivity contribution in [3.8, 4) is 0 Å². The first-order valence-electron chi connectivity index (χ1n) is 8.18. The van der Waals surface area contributed by atoms with Crippen molar-refractivity contribution in [1.29, 1.82) is 0 Å². The molecule has 1 aliphatic carbocycles. The number of para-hydroxylation sites is 1. The van der Waals surface area contributed by atoms with Gasteiger partial charge in [-0.2, -0.15) is 0 Å². The Balaban J connectivity index is 1.74. The molecular formula is C18H26N2O. The van der Waals surface area contributed by atoms with Gasteiger partial charge in [0.25, 0.3) is 0 Å². The van der Waals surface area contributed by atoms with E-state index >= 15 is 0 Å². The van der Waals surface area contributed by atoms with Crippen LogP contribution < -0.4 is 10.2 Å². The third kappa shape index (κ3) is 2.98. The molecule has 1 aromatic carbocycles. The maximum absolute atomic E-state index is 12.2. The van der Waals surface area contributed by atoms with Crippen molar-refractivity contribution in [2.24, 2.45) is 5.41 Å². The number of fused-ring (bicyclic) bond motifs is 1. The zero-order valence-corrected chi connectivity index (χ0v) is 13.2. The van der Waals surface area contributed by atoms with Gasteiger partial charge in [-0.15, -0.1) is 0 Å². The third-order valence-electron chi connectivity index (χ3n) is 5.26. The Labute approximate surface area is 127 Å². The quantitative estimate of drug-likeness (QED) is 0.920. The Kier molecular flexibility index (Phi) is 4.03. The van der Waals surface area contributed by atoms with Crippen LogP contribution in [0.2, 0.25) is 0 Å². The molecule has 1 saturated carbocycles. The fraction of sp³-hybridized carbons (Fsp3) is 0.611. The number of nitrogens with zero attached hydrogens (tertiary/aromatic N) is 1. The molecular weight excluding hydrogens is 260 g/mol. The highest BCUT2D eigenvalue weighted by molar-refractivity contribution is 5.96. The summed E-state index contributed by atoms with van der Waals surface area (Å²) in [4.78, 5) is 14.0. The van der Waals surface area contributed by atoms with E-state index in [0.717, 1.165) is 12.2 Å². The molecule has 1 aliphatic heterocycles. The van der Waals surface area contributed by atoms with Crippen LogP contribution >= 0.6 is 0 Å². The second-order valence-electron chi connectivity index (χ2n) is 7.02. The number of rotatable bonds is 3. The highest BCUT2D eigenvalue weighted by Gasteiger charge is 2.32. The van der Waals surface area contributed by atoms with Gasteiger partial charge < -0.3 is 10.2 Å². The minimum Gasteiger partial charge on any atom is -0.315 e. The average molecular weight is 286 g/mol. The molecule has 21 heavy (non-hydrogen) atoms. The molecule has 0 aromatic heterocycles. The molecule has 2 aliphatic rings. The van der Waals surface area contributed by atoms with Gasteiger partial charge in [-0.1, -0.05) is 44.4 Å². The molecule has 0 radical (unpaired) electrons. The summed E-state index contributed by atoms with van der Waals surface area (Å²) in [5.74, 6) is 0.208. The van der Waals surface area contributed by atoms with E-state index in [4.69, 9.17) is 0 Å².